The number of hydrogen-bond donors (Lipinski definition) is 1. The molecule has 0 amide bonds. The molecule has 0 saturated heterocycles. The van der Waals surface area contributed by atoms with Gasteiger partial charge in [-0.15, -0.1) is 0 Å². The van der Waals surface area contributed by atoms with Crippen LogP contribution in [0.2, 0.25) is 0 Å². The predicted octanol–water partition coefficient (Wildman–Crippen LogP) is 5.48. The third-order valence-electron chi connectivity index (χ3n) is 3.30. The number of rotatable bonds is 6. The molecule has 0 saturated carbocycles. The second-order valence-electron chi connectivity index (χ2n) is 5.01. The highest BCUT2D eigenvalue weighted by Gasteiger charge is 2.15. The van der Waals surface area contributed by atoms with E-state index in [1.807, 2.05) is 6.07 Å². The van der Waals surface area contributed by atoms with Crippen molar-refractivity contribution < 1.29 is 4.39 Å². The van der Waals surface area contributed by atoms with Gasteiger partial charge in [-0.1, -0.05) is 35.0 Å². The van der Waals surface area contributed by atoms with Crippen LogP contribution in [0, 0.1) is 9.39 Å². The molecule has 0 bridgehead atoms. The van der Waals surface area contributed by atoms with Gasteiger partial charge in [0.25, 0.3) is 0 Å². The van der Waals surface area contributed by atoms with Gasteiger partial charge in [0, 0.05) is 14.1 Å². The molecule has 112 valence electrons. The lowest BCUT2D eigenvalue weighted by Crippen LogP contribution is -2.24. The highest BCUT2D eigenvalue weighted by molar-refractivity contribution is 14.1. The summed E-state index contributed by atoms with van der Waals surface area (Å²) in [5.41, 5.74) is 2.23. The van der Waals surface area contributed by atoms with E-state index in [0.717, 1.165) is 29.4 Å². The molecule has 21 heavy (non-hydrogen) atoms. The largest absolute Gasteiger partial charge is 0.310 e. The molecule has 0 aliphatic rings. The summed E-state index contributed by atoms with van der Waals surface area (Å²) in [6.45, 7) is 3.09. The summed E-state index contributed by atoms with van der Waals surface area (Å²) in [6, 6.07) is 13.3. The van der Waals surface area contributed by atoms with E-state index in [4.69, 9.17) is 0 Å². The first-order valence-electron chi connectivity index (χ1n) is 7.03. The van der Waals surface area contributed by atoms with Gasteiger partial charge < -0.3 is 5.32 Å². The van der Waals surface area contributed by atoms with Crippen molar-refractivity contribution in [3.8, 4) is 0 Å². The Hall–Kier alpha value is -0.460. The molecule has 2 aromatic carbocycles. The second-order valence-corrected chi connectivity index (χ2v) is 7.11. The van der Waals surface area contributed by atoms with Gasteiger partial charge >= 0.3 is 0 Å². The summed E-state index contributed by atoms with van der Waals surface area (Å²) < 4.78 is 15.7. The molecular formula is C17H18BrFIN. The number of halogens is 3. The first kappa shape index (κ1) is 16.9. The molecule has 0 aliphatic heterocycles. The fourth-order valence-electron chi connectivity index (χ4n) is 2.29. The maximum atomic E-state index is 13.4. The van der Waals surface area contributed by atoms with Crippen LogP contribution in [0.3, 0.4) is 0 Å². The molecule has 1 atom stereocenters. The van der Waals surface area contributed by atoms with Gasteiger partial charge in [0.1, 0.15) is 5.82 Å². The van der Waals surface area contributed by atoms with Crippen molar-refractivity contribution in [2.24, 2.45) is 0 Å². The van der Waals surface area contributed by atoms with Crippen molar-refractivity contribution in [2.45, 2.75) is 25.8 Å². The van der Waals surface area contributed by atoms with Crippen LogP contribution in [-0.2, 0) is 6.42 Å². The van der Waals surface area contributed by atoms with Crippen molar-refractivity contribution in [2.75, 3.05) is 6.54 Å². The Morgan fingerprint density at radius 1 is 1.24 bits per heavy atom. The van der Waals surface area contributed by atoms with Gasteiger partial charge in [0.15, 0.2) is 0 Å². The lowest BCUT2D eigenvalue weighted by atomic mass is 9.98. The molecule has 0 spiro atoms. The molecule has 4 heteroatoms. The van der Waals surface area contributed by atoms with Crippen molar-refractivity contribution >= 4 is 38.5 Å². The Bertz CT molecular complexity index is 603. The maximum absolute atomic E-state index is 13.4. The maximum Gasteiger partial charge on any atom is 0.123 e. The van der Waals surface area contributed by atoms with Crippen LogP contribution in [0.25, 0.3) is 0 Å². The van der Waals surface area contributed by atoms with Crippen LogP contribution in [0.5, 0.6) is 0 Å². The average molecular weight is 462 g/mol. The third-order valence-corrected chi connectivity index (χ3v) is 4.70. The Morgan fingerprint density at radius 3 is 2.76 bits per heavy atom. The first-order valence-corrected chi connectivity index (χ1v) is 8.90. The van der Waals surface area contributed by atoms with Crippen molar-refractivity contribution in [1.29, 1.82) is 0 Å². The molecular weight excluding hydrogens is 444 g/mol. The highest BCUT2D eigenvalue weighted by Crippen LogP contribution is 2.28. The van der Waals surface area contributed by atoms with Crippen molar-refractivity contribution in [1.82, 2.24) is 5.32 Å². The van der Waals surface area contributed by atoms with Crippen molar-refractivity contribution in [3.63, 3.8) is 0 Å². The van der Waals surface area contributed by atoms with Crippen LogP contribution < -0.4 is 5.32 Å². The smallest absolute Gasteiger partial charge is 0.123 e. The average Bonchev–Trinajstić information content (AvgIpc) is 2.46. The van der Waals surface area contributed by atoms with Crippen LogP contribution in [0.4, 0.5) is 4.39 Å². The molecule has 1 unspecified atom stereocenters. The van der Waals surface area contributed by atoms with Crippen LogP contribution in [0.15, 0.2) is 46.9 Å². The Labute approximate surface area is 147 Å². The highest BCUT2D eigenvalue weighted by atomic mass is 127. The van der Waals surface area contributed by atoms with Crippen molar-refractivity contribution in [3.05, 3.63) is 67.5 Å². The van der Waals surface area contributed by atoms with E-state index in [1.54, 1.807) is 12.1 Å². The first-order chi connectivity index (χ1) is 10.1. The van der Waals surface area contributed by atoms with E-state index in [0.29, 0.717) is 0 Å². The number of benzene rings is 2. The minimum atomic E-state index is -0.177. The zero-order chi connectivity index (χ0) is 15.2. The molecule has 0 fully saturated rings. The van der Waals surface area contributed by atoms with Gasteiger partial charge in [-0.25, -0.2) is 4.39 Å². The predicted molar refractivity (Wildman–Crippen MR) is 98.0 cm³/mol. The zero-order valence-corrected chi connectivity index (χ0v) is 15.6. The second kappa shape index (κ2) is 8.25. The van der Waals surface area contributed by atoms with E-state index < -0.39 is 0 Å². The Balaban J connectivity index is 2.27. The summed E-state index contributed by atoms with van der Waals surface area (Å²) >= 11 is 5.95. The molecule has 0 aromatic heterocycles. The van der Waals surface area contributed by atoms with Crippen LogP contribution >= 0.6 is 38.5 Å². The molecule has 1 nitrogen and oxygen atoms in total. The number of hydrogen-bond acceptors (Lipinski definition) is 1. The van der Waals surface area contributed by atoms with E-state index in [-0.39, 0.29) is 11.9 Å². The van der Waals surface area contributed by atoms with Crippen LogP contribution in [0.1, 0.15) is 30.5 Å². The molecule has 2 rings (SSSR count). The summed E-state index contributed by atoms with van der Waals surface area (Å²) in [7, 11) is 0. The summed E-state index contributed by atoms with van der Waals surface area (Å²) in [4.78, 5) is 0. The third kappa shape index (κ3) is 5.04. The molecule has 0 heterocycles. The summed E-state index contributed by atoms with van der Waals surface area (Å²) in [6.07, 6.45) is 1.84. The number of nitrogens with one attached hydrogen (secondary N) is 1. The molecule has 1 N–H and O–H groups in total. The van der Waals surface area contributed by atoms with Gasteiger partial charge in [-0.05, 0) is 83.4 Å². The van der Waals surface area contributed by atoms with Crippen LogP contribution in [-0.4, -0.2) is 6.54 Å². The lowest BCUT2D eigenvalue weighted by molar-refractivity contribution is 0.525. The molecule has 2 aromatic rings. The van der Waals surface area contributed by atoms with E-state index in [2.05, 4.69) is 69.0 Å². The minimum absolute atomic E-state index is 0.177. The van der Waals surface area contributed by atoms with E-state index >= 15 is 0 Å². The van der Waals surface area contributed by atoms with E-state index in [1.165, 1.54) is 15.2 Å². The van der Waals surface area contributed by atoms with Gasteiger partial charge in [-0.2, -0.15) is 0 Å². The quantitative estimate of drug-likeness (QED) is 0.562. The van der Waals surface area contributed by atoms with Gasteiger partial charge in [0.05, 0.1) is 0 Å². The standard InChI is InChI=1S/C17H18BrFIN/c1-2-8-21-17(10-12-4-3-5-13(19)9-12)15-11-14(20)6-7-16(15)18/h3-7,9,11,17,21H,2,8,10H2,1H3. The van der Waals surface area contributed by atoms with Gasteiger partial charge in [0.2, 0.25) is 0 Å². The van der Waals surface area contributed by atoms with Gasteiger partial charge in [-0.3, -0.25) is 0 Å². The molecule has 0 radical (unpaired) electrons. The monoisotopic (exact) mass is 461 g/mol. The Morgan fingerprint density at radius 2 is 2.05 bits per heavy atom. The van der Waals surface area contributed by atoms with E-state index in [9.17, 15) is 4.39 Å². The lowest BCUT2D eigenvalue weighted by Gasteiger charge is -2.21. The summed E-state index contributed by atoms with van der Waals surface area (Å²) in [5.74, 6) is -0.177. The fraction of sp³-hybridized carbons (Fsp3) is 0.294. The normalized spacial score (nSPS) is 12.4. The SMILES string of the molecule is CCCNC(Cc1cccc(F)c1)c1cc(I)ccc1Br. The Kier molecular flexibility index (Phi) is 6.64. The topological polar surface area (TPSA) is 12.0 Å². The molecule has 0 aliphatic carbocycles. The summed E-state index contributed by atoms with van der Waals surface area (Å²) in [5, 5.41) is 3.57. The fourth-order valence-corrected chi connectivity index (χ4v) is 3.33. The zero-order valence-electron chi connectivity index (χ0n) is 11.9. The minimum Gasteiger partial charge on any atom is -0.310 e.